The van der Waals surface area contributed by atoms with Crippen molar-refractivity contribution in [2.45, 2.75) is 13.3 Å². The van der Waals surface area contributed by atoms with Crippen LogP contribution in [0.15, 0.2) is 36.4 Å². The summed E-state index contributed by atoms with van der Waals surface area (Å²) in [5, 5.41) is 2.85. The van der Waals surface area contributed by atoms with E-state index in [9.17, 15) is 4.79 Å². The molecule has 1 amide bonds. The van der Waals surface area contributed by atoms with Gasteiger partial charge in [-0.15, -0.1) is 0 Å². The summed E-state index contributed by atoms with van der Waals surface area (Å²) in [6.45, 7) is 2.54. The minimum Gasteiger partial charge on any atom is -0.494 e. The van der Waals surface area contributed by atoms with Crippen LogP contribution in [0.4, 0.5) is 5.69 Å². The second kappa shape index (κ2) is 8.82. The number of benzene rings is 2. The van der Waals surface area contributed by atoms with E-state index in [0.717, 1.165) is 11.3 Å². The van der Waals surface area contributed by atoms with Gasteiger partial charge in [-0.25, -0.2) is 0 Å². The molecule has 0 saturated carbocycles. The predicted octanol–water partition coefficient (Wildman–Crippen LogP) is 3.29. The molecule has 1 N–H and O–H groups in total. The number of amides is 1. The maximum absolute atomic E-state index is 12.3. The van der Waals surface area contributed by atoms with Gasteiger partial charge in [-0.05, 0) is 24.6 Å². The molecule has 0 bridgehead atoms. The van der Waals surface area contributed by atoms with Gasteiger partial charge in [-0.2, -0.15) is 0 Å². The summed E-state index contributed by atoms with van der Waals surface area (Å²) >= 11 is 0. The minimum atomic E-state index is -0.140. The number of carbonyl (C=O) groups is 1. The third kappa shape index (κ3) is 4.79. The third-order valence-corrected chi connectivity index (χ3v) is 3.55. The van der Waals surface area contributed by atoms with E-state index in [4.69, 9.17) is 18.9 Å². The number of methoxy groups -OCH3 is 3. The SMILES string of the molecule is CCOc1ccc(CC(=O)Nc2cc(OC)c(OC)c(OC)c2)cc1. The van der Waals surface area contributed by atoms with Gasteiger partial charge in [0.05, 0.1) is 34.4 Å². The average molecular weight is 345 g/mol. The molecule has 0 atom stereocenters. The van der Waals surface area contributed by atoms with Crippen LogP contribution in [-0.2, 0) is 11.2 Å². The zero-order valence-corrected chi connectivity index (χ0v) is 14.9. The molecule has 0 unspecified atom stereocenters. The molecular weight excluding hydrogens is 322 g/mol. The zero-order valence-electron chi connectivity index (χ0n) is 14.9. The van der Waals surface area contributed by atoms with Crippen molar-refractivity contribution in [2.24, 2.45) is 0 Å². The highest BCUT2D eigenvalue weighted by molar-refractivity contribution is 5.93. The fourth-order valence-electron chi connectivity index (χ4n) is 2.41. The first-order valence-corrected chi connectivity index (χ1v) is 7.92. The first-order valence-electron chi connectivity index (χ1n) is 7.92. The molecular formula is C19H23NO5. The highest BCUT2D eigenvalue weighted by Crippen LogP contribution is 2.39. The van der Waals surface area contributed by atoms with Crippen LogP contribution in [0.3, 0.4) is 0 Å². The fourth-order valence-corrected chi connectivity index (χ4v) is 2.41. The number of anilines is 1. The second-order valence-corrected chi connectivity index (χ2v) is 5.22. The molecule has 134 valence electrons. The Kier molecular flexibility index (Phi) is 6.51. The van der Waals surface area contributed by atoms with Gasteiger partial charge in [0.15, 0.2) is 11.5 Å². The van der Waals surface area contributed by atoms with Crippen molar-refractivity contribution in [3.8, 4) is 23.0 Å². The van der Waals surface area contributed by atoms with Crippen LogP contribution in [-0.4, -0.2) is 33.8 Å². The van der Waals surface area contributed by atoms with E-state index < -0.39 is 0 Å². The molecule has 2 aromatic rings. The van der Waals surface area contributed by atoms with Gasteiger partial charge in [-0.3, -0.25) is 4.79 Å². The number of ether oxygens (including phenoxy) is 4. The van der Waals surface area contributed by atoms with Gasteiger partial charge in [0, 0.05) is 17.8 Å². The van der Waals surface area contributed by atoms with E-state index in [2.05, 4.69) is 5.32 Å². The Hall–Kier alpha value is -2.89. The Bertz CT molecular complexity index is 687. The number of hydrogen-bond donors (Lipinski definition) is 1. The van der Waals surface area contributed by atoms with Gasteiger partial charge in [0.2, 0.25) is 11.7 Å². The zero-order chi connectivity index (χ0) is 18.2. The molecule has 0 aliphatic rings. The lowest BCUT2D eigenvalue weighted by Crippen LogP contribution is -2.14. The molecule has 25 heavy (non-hydrogen) atoms. The Balaban J connectivity index is 2.09. The van der Waals surface area contributed by atoms with E-state index in [-0.39, 0.29) is 12.3 Å². The summed E-state index contributed by atoms with van der Waals surface area (Å²) in [6, 6.07) is 10.8. The van der Waals surface area contributed by atoms with Crippen LogP contribution >= 0.6 is 0 Å². The molecule has 0 aliphatic carbocycles. The number of hydrogen-bond acceptors (Lipinski definition) is 5. The van der Waals surface area contributed by atoms with E-state index >= 15 is 0 Å². The van der Waals surface area contributed by atoms with Gasteiger partial charge >= 0.3 is 0 Å². The number of carbonyl (C=O) groups excluding carboxylic acids is 1. The Morgan fingerprint density at radius 3 is 2.04 bits per heavy atom. The van der Waals surface area contributed by atoms with E-state index in [0.29, 0.717) is 29.5 Å². The predicted molar refractivity (Wildman–Crippen MR) is 96.0 cm³/mol. The molecule has 0 aromatic heterocycles. The third-order valence-electron chi connectivity index (χ3n) is 3.55. The molecule has 2 rings (SSSR count). The molecule has 0 aliphatic heterocycles. The van der Waals surface area contributed by atoms with E-state index in [1.807, 2.05) is 31.2 Å². The maximum Gasteiger partial charge on any atom is 0.228 e. The van der Waals surface area contributed by atoms with Crippen molar-refractivity contribution in [1.82, 2.24) is 0 Å². The monoisotopic (exact) mass is 345 g/mol. The van der Waals surface area contributed by atoms with Gasteiger partial charge in [0.25, 0.3) is 0 Å². The highest BCUT2D eigenvalue weighted by Gasteiger charge is 2.14. The Morgan fingerprint density at radius 1 is 0.960 bits per heavy atom. The fraction of sp³-hybridized carbons (Fsp3) is 0.316. The van der Waals surface area contributed by atoms with E-state index in [1.165, 1.54) is 21.3 Å². The van der Waals surface area contributed by atoms with Crippen LogP contribution in [0.5, 0.6) is 23.0 Å². The molecule has 0 spiro atoms. The van der Waals surface area contributed by atoms with Crippen molar-refractivity contribution in [2.75, 3.05) is 33.3 Å². The molecule has 0 heterocycles. The van der Waals surface area contributed by atoms with Gasteiger partial charge in [-0.1, -0.05) is 12.1 Å². The van der Waals surface area contributed by atoms with Gasteiger partial charge < -0.3 is 24.3 Å². The molecule has 2 aromatic carbocycles. The Labute approximate surface area is 147 Å². The molecule has 6 heteroatoms. The second-order valence-electron chi connectivity index (χ2n) is 5.22. The topological polar surface area (TPSA) is 66.0 Å². The Morgan fingerprint density at radius 2 is 1.56 bits per heavy atom. The lowest BCUT2D eigenvalue weighted by Gasteiger charge is -2.14. The van der Waals surface area contributed by atoms with Crippen molar-refractivity contribution in [1.29, 1.82) is 0 Å². The maximum atomic E-state index is 12.3. The molecule has 0 fully saturated rings. The van der Waals surface area contributed by atoms with Crippen molar-refractivity contribution >= 4 is 11.6 Å². The van der Waals surface area contributed by atoms with Crippen LogP contribution in [0.1, 0.15) is 12.5 Å². The normalized spacial score (nSPS) is 10.1. The first kappa shape index (κ1) is 18.4. The summed E-state index contributed by atoms with van der Waals surface area (Å²) in [6.07, 6.45) is 0.253. The molecule has 0 saturated heterocycles. The van der Waals surface area contributed by atoms with Crippen LogP contribution in [0.25, 0.3) is 0 Å². The van der Waals surface area contributed by atoms with Crippen LogP contribution in [0.2, 0.25) is 0 Å². The van der Waals surface area contributed by atoms with Crippen LogP contribution in [0, 0.1) is 0 Å². The largest absolute Gasteiger partial charge is 0.494 e. The minimum absolute atomic E-state index is 0.140. The van der Waals surface area contributed by atoms with Crippen molar-refractivity contribution in [3.63, 3.8) is 0 Å². The van der Waals surface area contributed by atoms with Crippen LogP contribution < -0.4 is 24.3 Å². The van der Waals surface area contributed by atoms with Crippen molar-refractivity contribution < 1.29 is 23.7 Å². The standard InChI is InChI=1S/C19H23NO5/c1-5-25-15-8-6-13(7-9-15)10-18(21)20-14-11-16(22-2)19(24-4)17(12-14)23-3/h6-9,11-12H,5,10H2,1-4H3,(H,20,21). The van der Waals surface area contributed by atoms with Crippen molar-refractivity contribution in [3.05, 3.63) is 42.0 Å². The number of nitrogens with one attached hydrogen (secondary N) is 1. The lowest BCUT2D eigenvalue weighted by molar-refractivity contribution is -0.115. The summed E-state index contributed by atoms with van der Waals surface area (Å²) in [5.74, 6) is 2.10. The summed E-state index contributed by atoms with van der Waals surface area (Å²) in [5.41, 5.74) is 1.47. The summed E-state index contributed by atoms with van der Waals surface area (Å²) in [4.78, 5) is 12.3. The summed E-state index contributed by atoms with van der Waals surface area (Å²) < 4.78 is 21.2. The lowest BCUT2D eigenvalue weighted by atomic mass is 10.1. The quantitative estimate of drug-likeness (QED) is 0.795. The van der Waals surface area contributed by atoms with Gasteiger partial charge in [0.1, 0.15) is 5.75 Å². The summed E-state index contributed by atoms with van der Waals surface area (Å²) in [7, 11) is 4.59. The first-order chi connectivity index (χ1) is 12.1. The smallest absolute Gasteiger partial charge is 0.228 e. The molecule has 6 nitrogen and oxygen atoms in total. The van der Waals surface area contributed by atoms with E-state index in [1.54, 1.807) is 12.1 Å². The number of rotatable bonds is 8. The molecule has 0 radical (unpaired) electrons. The average Bonchev–Trinajstić information content (AvgIpc) is 2.62. The highest BCUT2D eigenvalue weighted by atomic mass is 16.5.